The smallest absolute Gasteiger partial charge is 0.271 e. The lowest BCUT2D eigenvalue weighted by atomic mass is 10.1. The number of aromatic nitrogens is 2. The van der Waals surface area contributed by atoms with E-state index in [1.54, 1.807) is 16.7 Å². The molecule has 128 valence electrons. The van der Waals surface area contributed by atoms with Crippen LogP contribution in [0.15, 0.2) is 18.6 Å². The molecule has 3 N–H and O–H groups in total. The van der Waals surface area contributed by atoms with Gasteiger partial charge in [-0.15, -0.1) is 11.8 Å². The van der Waals surface area contributed by atoms with E-state index in [2.05, 4.69) is 21.4 Å². The minimum Gasteiger partial charge on any atom is -0.351 e. The summed E-state index contributed by atoms with van der Waals surface area (Å²) in [5, 5.41) is 11.8. The van der Waals surface area contributed by atoms with Crippen molar-refractivity contribution in [2.45, 2.75) is 31.3 Å². The van der Waals surface area contributed by atoms with Crippen molar-refractivity contribution in [2.24, 2.45) is 5.73 Å². The predicted octanol–water partition coefficient (Wildman–Crippen LogP) is 0.129. The number of carbonyl (C=O) groups excluding carboxylic acids is 2. The number of nitrogens with one attached hydrogen (secondary N) is 1. The zero-order valence-electron chi connectivity index (χ0n) is 13.2. The van der Waals surface area contributed by atoms with E-state index < -0.39 is 6.04 Å². The van der Waals surface area contributed by atoms with E-state index in [0.29, 0.717) is 37.4 Å². The van der Waals surface area contributed by atoms with Crippen LogP contribution in [0.2, 0.25) is 0 Å². The van der Waals surface area contributed by atoms with Crippen LogP contribution in [0.4, 0.5) is 0 Å². The normalized spacial score (nSPS) is 18.0. The van der Waals surface area contributed by atoms with Crippen molar-refractivity contribution >= 4 is 23.6 Å². The van der Waals surface area contributed by atoms with E-state index in [9.17, 15) is 9.59 Å². The number of unbranched alkanes of at least 4 members (excludes halogenated alkanes) is 1. The van der Waals surface area contributed by atoms with Gasteiger partial charge in [0.25, 0.3) is 5.91 Å². The number of nitrogens with zero attached hydrogens (tertiary/aromatic N) is 4. The van der Waals surface area contributed by atoms with Crippen molar-refractivity contribution in [1.82, 2.24) is 20.2 Å². The van der Waals surface area contributed by atoms with Gasteiger partial charge in [0.05, 0.1) is 24.2 Å². The molecule has 1 fully saturated rings. The number of nitrogens with two attached hydrogens (primary N) is 1. The summed E-state index contributed by atoms with van der Waals surface area (Å²) < 4.78 is 0. The summed E-state index contributed by atoms with van der Waals surface area (Å²) in [7, 11) is 0. The Kier molecular flexibility index (Phi) is 6.96. The molecule has 1 aliphatic heterocycles. The van der Waals surface area contributed by atoms with Gasteiger partial charge >= 0.3 is 0 Å². The molecule has 2 amide bonds. The van der Waals surface area contributed by atoms with Gasteiger partial charge in [-0.3, -0.25) is 14.6 Å². The Hall–Kier alpha value is -2.18. The van der Waals surface area contributed by atoms with E-state index in [4.69, 9.17) is 11.0 Å². The summed E-state index contributed by atoms with van der Waals surface area (Å²) in [6, 6.07) is 1.15. The first-order chi connectivity index (χ1) is 11.6. The van der Waals surface area contributed by atoms with Crippen molar-refractivity contribution in [3.8, 4) is 6.07 Å². The van der Waals surface area contributed by atoms with E-state index in [0.717, 1.165) is 0 Å². The zero-order valence-corrected chi connectivity index (χ0v) is 14.0. The van der Waals surface area contributed by atoms with Crippen LogP contribution in [0.25, 0.3) is 0 Å². The maximum absolute atomic E-state index is 12.2. The Labute approximate surface area is 144 Å². The SMILES string of the molecule is N#C[C@@H]1CSCN1C(=O)C(N)CCCCNC(=O)c1cnccn1. The minimum atomic E-state index is -0.602. The van der Waals surface area contributed by atoms with E-state index >= 15 is 0 Å². The first kappa shape index (κ1) is 18.2. The van der Waals surface area contributed by atoms with Crippen molar-refractivity contribution in [2.75, 3.05) is 18.2 Å². The van der Waals surface area contributed by atoms with Crippen LogP contribution < -0.4 is 11.1 Å². The average molecular weight is 348 g/mol. The highest BCUT2D eigenvalue weighted by Crippen LogP contribution is 2.21. The third-order valence-corrected chi connectivity index (χ3v) is 4.67. The van der Waals surface area contributed by atoms with Crippen molar-refractivity contribution in [1.29, 1.82) is 5.26 Å². The van der Waals surface area contributed by atoms with Gasteiger partial charge in [-0.2, -0.15) is 5.26 Å². The maximum atomic E-state index is 12.2. The van der Waals surface area contributed by atoms with Crippen molar-refractivity contribution in [3.05, 3.63) is 24.3 Å². The second-order valence-corrected chi connectivity index (χ2v) is 6.40. The van der Waals surface area contributed by atoms with Gasteiger partial charge in [0.15, 0.2) is 0 Å². The molecule has 0 spiro atoms. The molecule has 24 heavy (non-hydrogen) atoms. The number of thioether (sulfide) groups is 1. The molecule has 2 heterocycles. The van der Waals surface area contributed by atoms with Gasteiger partial charge in [0, 0.05) is 24.7 Å². The third-order valence-electron chi connectivity index (χ3n) is 3.65. The van der Waals surface area contributed by atoms with Gasteiger partial charge in [0.2, 0.25) is 5.91 Å². The predicted molar refractivity (Wildman–Crippen MR) is 89.8 cm³/mol. The van der Waals surface area contributed by atoms with Gasteiger partial charge in [0.1, 0.15) is 11.7 Å². The molecule has 9 heteroatoms. The number of rotatable bonds is 7. The minimum absolute atomic E-state index is 0.171. The lowest BCUT2D eigenvalue weighted by Crippen LogP contribution is -2.46. The number of carbonyl (C=O) groups is 2. The Balaban J connectivity index is 1.64. The van der Waals surface area contributed by atoms with Crippen molar-refractivity contribution < 1.29 is 9.59 Å². The summed E-state index contributed by atoms with van der Waals surface area (Å²) >= 11 is 1.56. The van der Waals surface area contributed by atoms with Gasteiger partial charge in [-0.1, -0.05) is 0 Å². The summed E-state index contributed by atoms with van der Waals surface area (Å²) in [4.78, 5) is 33.3. The molecular formula is C15H20N6O2S. The molecule has 1 aliphatic rings. The number of hydrogen-bond donors (Lipinski definition) is 2. The molecule has 2 atom stereocenters. The largest absolute Gasteiger partial charge is 0.351 e. The quantitative estimate of drug-likeness (QED) is 0.671. The lowest BCUT2D eigenvalue weighted by Gasteiger charge is -2.22. The third kappa shape index (κ3) is 4.91. The summed E-state index contributed by atoms with van der Waals surface area (Å²) in [5.74, 6) is 0.729. The van der Waals surface area contributed by atoms with Crippen LogP contribution in [0.3, 0.4) is 0 Å². The first-order valence-corrected chi connectivity index (χ1v) is 8.86. The molecule has 0 bridgehead atoms. The van der Waals surface area contributed by atoms with Crippen molar-refractivity contribution in [3.63, 3.8) is 0 Å². The molecule has 2 rings (SSSR count). The average Bonchev–Trinajstić information content (AvgIpc) is 3.09. The van der Waals surface area contributed by atoms with Crippen LogP contribution in [0.5, 0.6) is 0 Å². The van der Waals surface area contributed by atoms with Gasteiger partial charge < -0.3 is 16.0 Å². The molecule has 0 saturated carbocycles. The van der Waals surface area contributed by atoms with Gasteiger partial charge in [-0.05, 0) is 19.3 Å². The zero-order chi connectivity index (χ0) is 17.4. The molecule has 0 aromatic carbocycles. The second-order valence-electron chi connectivity index (χ2n) is 5.40. The molecule has 1 aromatic heterocycles. The molecule has 1 aromatic rings. The van der Waals surface area contributed by atoms with Gasteiger partial charge in [-0.25, -0.2) is 4.98 Å². The highest BCUT2D eigenvalue weighted by Gasteiger charge is 2.31. The highest BCUT2D eigenvalue weighted by atomic mass is 32.2. The maximum Gasteiger partial charge on any atom is 0.271 e. The van der Waals surface area contributed by atoms with E-state index in [-0.39, 0.29) is 23.6 Å². The van der Waals surface area contributed by atoms with E-state index in [1.165, 1.54) is 18.6 Å². The molecular weight excluding hydrogens is 328 g/mol. The fourth-order valence-corrected chi connectivity index (χ4v) is 3.39. The van der Waals surface area contributed by atoms with Crippen LogP contribution in [-0.2, 0) is 4.79 Å². The number of nitriles is 1. The molecule has 0 radical (unpaired) electrons. The number of amides is 2. The molecule has 1 unspecified atom stereocenters. The first-order valence-electron chi connectivity index (χ1n) is 7.71. The molecule has 1 saturated heterocycles. The lowest BCUT2D eigenvalue weighted by molar-refractivity contribution is -0.132. The van der Waals surface area contributed by atoms with Crippen LogP contribution in [0.1, 0.15) is 29.8 Å². The number of hydrogen-bond acceptors (Lipinski definition) is 7. The molecule has 0 aliphatic carbocycles. The monoisotopic (exact) mass is 348 g/mol. The fourth-order valence-electron chi connectivity index (χ4n) is 2.30. The standard InChI is InChI=1S/C15H20N6O2S/c16-7-11-9-24-10-21(11)15(23)12(17)3-1-2-4-20-14(22)13-8-18-5-6-19-13/h5-6,8,11-12H,1-4,9-10,17H2,(H,20,22)/t11-,12?/m1/s1. The Morgan fingerprint density at radius 1 is 1.50 bits per heavy atom. The molecule has 8 nitrogen and oxygen atoms in total. The van der Waals surface area contributed by atoms with E-state index in [1.807, 2.05) is 0 Å². The second kappa shape index (κ2) is 9.20. The van der Waals surface area contributed by atoms with Crippen LogP contribution in [0, 0.1) is 11.3 Å². The summed E-state index contributed by atoms with van der Waals surface area (Å²) in [6.45, 7) is 0.483. The highest BCUT2D eigenvalue weighted by molar-refractivity contribution is 7.99. The fraction of sp³-hybridized carbons (Fsp3) is 0.533. The topological polar surface area (TPSA) is 125 Å². The summed E-state index contributed by atoms with van der Waals surface area (Å²) in [6.07, 6.45) is 6.33. The van der Waals surface area contributed by atoms with Crippen LogP contribution >= 0.6 is 11.8 Å². The Bertz CT molecular complexity index is 606. The van der Waals surface area contributed by atoms with Crippen LogP contribution in [-0.4, -0.2) is 56.9 Å². The summed E-state index contributed by atoms with van der Waals surface area (Å²) in [5.41, 5.74) is 6.21. The Morgan fingerprint density at radius 3 is 3.04 bits per heavy atom. The Morgan fingerprint density at radius 2 is 2.33 bits per heavy atom.